The number of aryl methyl sites for hydroxylation is 2. The zero-order valence-corrected chi connectivity index (χ0v) is 11.5. The second-order valence-electron chi connectivity index (χ2n) is 4.49. The third-order valence-electron chi connectivity index (χ3n) is 2.78. The Labute approximate surface area is 108 Å². The van der Waals surface area contributed by atoms with Crippen LogP contribution in [0.25, 0.3) is 0 Å². The summed E-state index contributed by atoms with van der Waals surface area (Å²) in [6.07, 6.45) is 0. The summed E-state index contributed by atoms with van der Waals surface area (Å²) in [4.78, 5) is 0. The van der Waals surface area contributed by atoms with Gasteiger partial charge in [-0.3, -0.25) is 4.72 Å². The van der Waals surface area contributed by atoms with Gasteiger partial charge in [0.2, 0.25) is 0 Å². The van der Waals surface area contributed by atoms with Gasteiger partial charge >= 0.3 is 10.2 Å². The minimum atomic E-state index is -3.47. The van der Waals surface area contributed by atoms with Crippen molar-refractivity contribution in [2.24, 2.45) is 0 Å². The lowest BCUT2D eigenvalue weighted by Crippen LogP contribution is -2.43. The number of nitrogens with zero attached hydrogens (tertiary/aromatic N) is 1. The Kier molecular flexibility index (Phi) is 3.89. The molecule has 1 aromatic carbocycles. The summed E-state index contributed by atoms with van der Waals surface area (Å²) in [6.45, 7) is 5.60. The molecule has 5 nitrogen and oxygen atoms in total. The molecule has 100 valence electrons. The van der Waals surface area contributed by atoms with Crippen molar-refractivity contribution < 1.29 is 13.2 Å². The van der Waals surface area contributed by atoms with E-state index in [2.05, 4.69) is 4.72 Å². The first-order valence-corrected chi connectivity index (χ1v) is 7.35. The van der Waals surface area contributed by atoms with Crippen LogP contribution in [0, 0.1) is 13.8 Å². The number of ether oxygens (including phenoxy) is 1. The third kappa shape index (κ3) is 3.22. The molecule has 1 N–H and O–H groups in total. The predicted molar refractivity (Wildman–Crippen MR) is 70.9 cm³/mol. The maximum atomic E-state index is 12.1. The van der Waals surface area contributed by atoms with Crippen LogP contribution in [-0.2, 0) is 14.9 Å². The molecular formula is C12H18N2O3S. The van der Waals surface area contributed by atoms with Crippen LogP contribution in [0.3, 0.4) is 0 Å². The first-order chi connectivity index (χ1) is 8.47. The lowest BCUT2D eigenvalue weighted by Gasteiger charge is -2.26. The number of hydrogen-bond acceptors (Lipinski definition) is 3. The lowest BCUT2D eigenvalue weighted by molar-refractivity contribution is 0.0733. The van der Waals surface area contributed by atoms with Crippen LogP contribution in [0.5, 0.6) is 0 Å². The molecular weight excluding hydrogens is 252 g/mol. The van der Waals surface area contributed by atoms with E-state index in [1.54, 1.807) is 0 Å². The van der Waals surface area contributed by atoms with Gasteiger partial charge in [-0.15, -0.1) is 0 Å². The number of rotatable bonds is 3. The molecule has 0 atom stereocenters. The van der Waals surface area contributed by atoms with Crippen molar-refractivity contribution in [1.82, 2.24) is 4.31 Å². The molecule has 0 amide bonds. The molecule has 1 saturated heterocycles. The molecule has 0 aliphatic carbocycles. The number of morpholine rings is 1. The fraction of sp³-hybridized carbons (Fsp3) is 0.500. The summed E-state index contributed by atoms with van der Waals surface area (Å²) in [5.74, 6) is 0. The second kappa shape index (κ2) is 5.26. The van der Waals surface area contributed by atoms with Gasteiger partial charge in [0.15, 0.2) is 0 Å². The molecule has 1 heterocycles. The molecule has 1 aliphatic heterocycles. The minimum absolute atomic E-state index is 0.403. The largest absolute Gasteiger partial charge is 0.379 e. The molecule has 1 aliphatic rings. The van der Waals surface area contributed by atoms with E-state index < -0.39 is 10.2 Å². The third-order valence-corrected chi connectivity index (χ3v) is 4.32. The topological polar surface area (TPSA) is 58.6 Å². The molecule has 0 aromatic heterocycles. The average molecular weight is 270 g/mol. The van der Waals surface area contributed by atoms with Crippen LogP contribution in [0.1, 0.15) is 11.1 Å². The summed E-state index contributed by atoms with van der Waals surface area (Å²) >= 11 is 0. The standard InChI is InChI=1S/C12H18N2O3S/c1-10-7-11(2)9-12(8-10)13-18(15,16)14-3-5-17-6-4-14/h7-9,13H,3-6H2,1-2H3. The molecule has 0 spiro atoms. The normalized spacial score (nSPS) is 17.7. The molecule has 6 heteroatoms. The van der Waals surface area contributed by atoms with Crippen molar-refractivity contribution >= 4 is 15.9 Å². The van der Waals surface area contributed by atoms with E-state index in [4.69, 9.17) is 4.74 Å². The van der Waals surface area contributed by atoms with Gasteiger partial charge in [0.25, 0.3) is 0 Å². The molecule has 0 bridgehead atoms. The number of anilines is 1. The summed E-state index contributed by atoms with van der Waals surface area (Å²) in [5.41, 5.74) is 2.68. The Hall–Kier alpha value is -1.11. The Morgan fingerprint density at radius 3 is 2.22 bits per heavy atom. The molecule has 1 aromatic rings. The Morgan fingerprint density at radius 1 is 1.11 bits per heavy atom. The van der Waals surface area contributed by atoms with Gasteiger partial charge in [0.1, 0.15) is 0 Å². The maximum Gasteiger partial charge on any atom is 0.301 e. The van der Waals surface area contributed by atoms with Gasteiger partial charge in [-0.1, -0.05) is 6.07 Å². The Balaban J connectivity index is 2.16. The van der Waals surface area contributed by atoms with Crippen molar-refractivity contribution in [3.8, 4) is 0 Å². The van der Waals surface area contributed by atoms with Crippen LogP contribution in [0.15, 0.2) is 18.2 Å². The molecule has 0 unspecified atom stereocenters. The summed E-state index contributed by atoms with van der Waals surface area (Å²) < 4.78 is 33.4. The van der Waals surface area contributed by atoms with Crippen LogP contribution in [-0.4, -0.2) is 39.0 Å². The van der Waals surface area contributed by atoms with Crippen LogP contribution in [0.2, 0.25) is 0 Å². The van der Waals surface area contributed by atoms with E-state index in [0.29, 0.717) is 32.0 Å². The Morgan fingerprint density at radius 2 is 1.67 bits per heavy atom. The fourth-order valence-corrected chi connectivity index (χ4v) is 3.21. The van der Waals surface area contributed by atoms with Crippen molar-refractivity contribution in [3.05, 3.63) is 29.3 Å². The highest BCUT2D eigenvalue weighted by atomic mass is 32.2. The van der Waals surface area contributed by atoms with Crippen molar-refractivity contribution in [1.29, 1.82) is 0 Å². The van der Waals surface area contributed by atoms with Crippen molar-refractivity contribution in [3.63, 3.8) is 0 Å². The van der Waals surface area contributed by atoms with Gasteiger partial charge in [-0.05, 0) is 37.1 Å². The van der Waals surface area contributed by atoms with Crippen LogP contribution >= 0.6 is 0 Å². The van der Waals surface area contributed by atoms with E-state index >= 15 is 0 Å². The first kappa shape index (κ1) is 13.3. The zero-order valence-electron chi connectivity index (χ0n) is 10.6. The van der Waals surface area contributed by atoms with E-state index in [0.717, 1.165) is 11.1 Å². The SMILES string of the molecule is Cc1cc(C)cc(NS(=O)(=O)N2CCOCC2)c1. The van der Waals surface area contributed by atoms with Crippen molar-refractivity contribution in [2.45, 2.75) is 13.8 Å². The summed E-state index contributed by atoms with van der Waals surface area (Å²) in [5, 5.41) is 0. The molecule has 18 heavy (non-hydrogen) atoms. The van der Waals surface area contributed by atoms with Gasteiger partial charge in [0.05, 0.1) is 18.9 Å². The van der Waals surface area contributed by atoms with Gasteiger partial charge < -0.3 is 4.74 Å². The summed E-state index contributed by atoms with van der Waals surface area (Å²) in [7, 11) is -3.47. The predicted octanol–water partition coefficient (Wildman–Crippen LogP) is 1.29. The lowest BCUT2D eigenvalue weighted by atomic mass is 10.1. The molecule has 2 rings (SSSR count). The van der Waals surface area contributed by atoms with Crippen molar-refractivity contribution in [2.75, 3.05) is 31.0 Å². The van der Waals surface area contributed by atoms with E-state index in [1.807, 2.05) is 32.0 Å². The van der Waals surface area contributed by atoms with E-state index in [9.17, 15) is 8.42 Å². The first-order valence-electron chi connectivity index (χ1n) is 5.91. The minimum Gasteiger partial charge on any atom is -0.379 e. The monoisotopic (exact) mass is 270 g/mol. The molecule has 1 fully saturated rings. The number of nitrogens with one attached hydrogen (secondary N) is 1. The highest BCUT2D eigenvalue weighted by Gasteiger charge is 2.24. The average Bonchev–Trinajstić information content (AvgIpc) is 2.28. The van der Waals surface area contributed by atoms with Gasteiger partial charge in [-0.2, -0.15) is 12.7 Å². The zero-order chi connectivity index (χ0) is 13.2. The second-order valence-corrected chi connectivity index (χ2v) is 6.17. The van der Waals surface area contributed by atoms with E-state index in [1.165, 1.54) is 4.31 Å². The highest BCUT2D eigenvalue weighted by Crippen LogP contribution is 2.17. The smallest absolute Gasteiger partial charge is 0.301 e. The Bertz CT molecular complexity index is 502. The van der Waals surface area contributed by atoms with Crippen LogP contribution < -0.4 is 4.72 Å². The molecule has 0 saturated carbocycles. The quantitative estimate of drug-likeness (QED) is 0.900. The number of hydrogen-bond donors (Lipinski definition) is 1. The van der Waals surface area contributed by atoms with E-state index in [-0.39, 0.29) is 0 Å². The fourth-order valence-electron chi connectivity index (χ4n) is 2.03. The maximum absolute atomic E-state index is 12.1. The number of benzene rings is 1. The highest BCUT2D eigenvalue weighted by molar-refractivity contribution is 7.90. The van der Waals surface area contributed by atoms with Crippen LogP contribution in [0.4, 0.5) is 5.69 Å². The van der Waals surface area contributed by atoms with Gasteiger partial charge in [-0.25, -0.2) is 0 Å². The van der Waals surface area contributed by atoms with Gasteiger partial charge in [0, 0.05) is 13.1 Å². The molecule has 0 radical (unpaired) electrons. The summed E-state index contributed by atoms with van der Waals surface area (Å²) in [6, 6.07) is 5.66.